The lowest BCUT2D eigenvalue weighted by molar-refractivity contribution is 1.39. The Morgan fingerprint density at radius 1 is 0.229 bits per heavy atom. The van der Waals surface area contributed by atoms with Crippen LogP contribution in [-0.4, -0.2) is 0 Å². The monoisotopic (exact) mass is 606 g/mol. The molecule has 0 saturated heterocycles. The Bertz CT molecular complexity index is 2870. The molecule has 0 bridgehead atoms. The van der Waals surface area contributed by atoms with Crippen LogP contribution in [0.3, 0.4) is 0 Å². The van der Waals surface area contributed by atoms with Crippen LogP contribution in [0, 0.1) is 27.7 Å². The summed E-state index contributed by atoms with van der Waals surface area (Å²) in [5.41, 5.74) is 10.9. The second kappa shape index (κ2) is 8.22. The minimum absolute atomic E-state index is 1.33. The van der Waals surface area contributed by atoms with Crippen molar-refractivity contribution in [2.75, 3.05) is 0 Å². The zero-order valence-corrected chi connectivity index (χ0v) is 27.4. The summed E-state index contributed by atoms with van der Waals surface area (Å²) in [6, 6.07) is 42.2. The molecule has 0 spiro atoms. The molecule has 0 radical (unpaired) electrons. The largest absolute Gasteiger partial charge is 0.0617 e. The van der Waals surface area contributed by atoms with Gasteiger partial charge in [-0.05, 0) is 169 Å². The molecule has 0 atom stereocenters. The summed E-state index contributed by atoms with van der Waals surface area (Å²) in [5.74, 6) is 0. The highest BCUT2D eigenvalue weighted by atomic mass is 14.3. The van der Waals surface area contributed by atoms with Crippen LogP contribution in [0.4, 0.5) is 0 Å². The molecule has 222 valence electrons. The molecule has 0 N–H and O–H groups in total. The Morgan fingerprint density at radius 3 is 0.750 bits per heavy atom. The predicted molar refractivity (Wildman–Crippen MR) is 210 cm³/mol. The van der Waals surface area contributed by atoms with Crippen molar-refractivity contribution >= 4 is 97.0 Å². The van der Waals surface area contributed by atoms with Crippen LogP contribution in [0.2, 0.25) is 0 Å². The molecule has 0 fully saturated rings. The third-order valence-corrected chi connectivity index (χ3v) is 12.1. The molecule has 12 aromatic rings. The fraction of sp³-hybridized carbons (Fsp3) is 0.0833. The van der Waals surface area contributed by atoms with Gasteiger partial charge in [-0.2, -0.15) is 0 Å². The van der Waals surface area contributed by atoms with E-state index in [4.69, 9.17) is 0 Å². The van der Waals surface area contributed by atoms with Crippen LogP contribution in [0.1, 0.15) is 22.3 Å². The van der Waals surface area contributed by atoms with Gasteiger partial charge in [0.2, 0.25) is 0 Å². The van der Waals surface area contributed by atoms with Gasteiger partial charge in [-0.1, -0.05) is 109 Å². The molecular weight excluding hydrogens is 577 g/mol. The van der Waals surface area contributed by atoms with E-state index in [1.165, 1.54) is 141 Å². The van der Waals surface area contributed by atoms with Gasteiger partial charge < -0.3 is 0 Å². The second-order valence-electron chi connectivity index (χ2n) is 14.5. The topological polar surface area (TPSA) is 0 Å². The Balaban J connectivity index is 1.52. The Labute approximate surface area is 277 Å². The van der Waals surface area contributed by atoms with E-state index in [0.29, 0.717) is 0 Å². The fourth-order valence-corrected chi connectivity index (χ4v) is 10.3. The van der Waals surface area contributed by atoms with Gasteiger partial charge in [-0.15, -0.1) is 0 Å². The summed E-state index contributed by atoms with van der Waals surface area (Å²) in [6.07, 6.45) is 0. The van der Waals surface area contributed by atoms with Crippen molar-refractivity contribution in [1.29, 1.82) is 0 Å². The summed E-state index contributed by atoms with van der Waals surface area (Å²) < 4.78 is 0. The van der Waals surface area contributed by atoms with E-state index in [-0.39, 0.29) is 0 Å². The molecule has 0 nitrogen and oxygen atoms in total. The smallest absolute Gasteiger partial charge is 0.0000476 e. The van der Waals surface area contributed by atoms with E-state index in [1.54, 1.807) is 0 Å². The van der Waals surface area contributed by atoms with Crippen LogP contribution in [0.25, 0.3) is 119 Å². The van der Waals surface area contributed by atoms with E-state index in [0.717, 1.165) is 0 Å². The minimum Gasteiger partial charge on any atom is -0.0617 e. The molecule has 12 aromatic carbocycles. The quantitative estimate of drug-likeness (QED) is 0.136. The first-order valence-electron chi connectivity index (χ1n) is 17.2. The maximum Gasteiger partial charge on any atom is -0.0000476 e. The summed E-state index contributed by atoms with van der Waals surface area (Å²) >= 11 is 0. The molecule has 0 saturated carbocycles. The molecule has 0 aliphatic heterocycles. The zero-order chi connectivity index (χ0) is 31.7. The van der Waals surface area contributed by atoms with Gasteiger partial charge >= 0.3 is 0 Å². The summed E-state index contributed by atoms with van der Waals surface area (Å²) in [5, 5.41) is 25.1. The predicted octanol–water partition coefficient (Wildman–Crippen LogP) is 13.8. The molecule has 0 heteroatoms. The van der Waals surface area contributed by atoms with Crippen molar-refractivity contribution in [3.8, 4) is 22.3 Å². The Morgan fingerprint density at radius 2 is 0.479 bits per heavy atom. The van der Waals surface area contributed by atoms with E-state index >= 15 is 0 Å². The molecule has 0 aliphatic carbocycles. The van der Waals surface area contributed by atoms with Gasteiger partial charge in [0, 0.05) is 0 Å². The number of aryl methyl sites for hydroxylation is 4. The molecule has 0 aliphatic rings. The van der Waals surface area contributed by atoms with Crippen molar-refractivity contribution in [1.82, 2.24) is 0 Å². The summed E-state index contributed by atoms with van der Waals surface area (Å²) in [4.78, 5) is 0. The average molecular weight is 607 g/mol. The Hall–Kier alpha value is -5.72. The van der Waals surface area contributed by atoms with Gasteiger partial charge in [-0.3, -0.25) is 0 Å². The van der Waals surface area contributed by atoms with Crippen molar-refractivity contribution in [2.24, 2.45) is 0 Å². The zero-order valence-electron chi connectivity index (χ0n) is 27.4. The van der Waals surface area contributed by atoms with Crippen molar-refractivity contribution in [2.45, 2.75) is 27.7 Å². The third-order valence-electron chi connectivity index (χ3n) is 12.1. The number of hydrogen-bond donors (Lipinski definition) is 0. The minimum atomic E-state index is 1.33. The average Bonchev–Trinajstić information content (AvgIpc) is 3.10. The Kier molecular flexibility index (Phi) is 4.34. The highest BCUT2D eigenvalue weighted by molar-refractivity contribution is 6.55. The molecule has 0 heterocycles. The SMILES string of the molecule is Cc1cccc(C)c1-c1c2ccc3ccc4ccc5c(-c6c(C)cccc6C)c6ccc7ccc8ccc1c1c8c7c6c6c5c4c3c2c16. The van der Waals surface area contributed by atoms with E-state index in [2.05, 4.69) is 137 Å². The van der Waals surface area contributed by atoms with Crippen LogP contribution in [-0.2, 0) is 0 Å². The highest BCUT2D eigenvalue weighted by Gasteiger charge is 2.30. The van der Waals surface area contributed by atoms with Gasteiger partial charge in [0.1, 0.15) is 0 Å². The van der Waals surface area contributed by atoms with Gasteiger partial charge in [0.25, 0.3) is 0 Å². The van der Waals surface area contributed by atoms with Gasteiger partial charge in [0.15, 0.2) is 0 Å². The lowest BCUT2D eigenvalue weighted by Crippen LogP contribution is -2.01. The van der Waals surface area contributed by atoms with Crippen LogP contribution in [0.15, 0.2) is 109 Å². The molecule has 0 aromatic heterocycles. The molecule has 0 amide bonds. The molecule has 12 rings (SSSR count). The van der Waals surface area contributed by atoms with Gasteiger partial charge in [-0.25, -0.2) is 0 Å². The molecule has 48 heavy (non-hydrogen) atoms. The summed E-state index contributed by atoms with van der Waals surface area (Å²) in [7, 11) is 0. The van der Waals surface area contributed by atoms with E-state index in [1.807, 2.05) is 0 Å². The third kappa shape index (κ3) is 2.68. The first-order valence-corrected chi connectivity index (χ1v) is 17.2. The number of benzene rings is 12. The lowest BCUT2D eigenvalue weighted by atomic mass is 9.73. The van der Waals surface area contributed by atoms with Crippen LogP contribution in [0.5, 0.6) is 0 Å². The maximum atomic E-state index is 2.43. The first kappa shape index (κ1) is 25.4. The normalized spacial score (nSPS) is 13.0. The van der Waals surface area contributed by atoms with Crippen LogP contribution < -0.4 is 0 Å². The standard InChI is InChI=1S/C48H30/c1-23-7-5-8-24(2)35(23)41-31-19-15-27-11-13-29-17-21-33-42(36-25(3)9-6-10-26(36)4)34-22-18-30-14-12-28-16-20-32(41)44-38(28)40(30)46(34)48-45(33)39(29)37(27)43(31)47(44)48/h5-22H,1-4H3. The van der Waals surface area contributed by atoms with Crippen LogP contribution >= 0.6 is 0 Å². The summed E-state index contributed by atoms with van der Waals surface area (Å²) in [6.45, 7) is 9.14. The van der Waals surface area contributed by atoms with Crippen molar-refractivity contribution in [3.63, 3.8) is 0 Å². The first-order chi connectivity index (χ1) is 23.5. The van der Waals surface area contributed by atoms with Crippen molar-refractivity contribution in [3.05, 3.63) is 131 Å². The number of hydrogen-bond acceptors (Lipinski definition) is 0. The second-order valence-corrected chi connectivity index (χ2v) is 14.5. The lowest BCUT2D eigenvalue weighted by Gasteiger charge is -2.29. The van der Waals surface area contributed by atoms with E-state index in [9.17, 15) is 0 Å². The van der Waals surface area contributed by atoms with Gasteiger partial charge in [0.05, 0.1) is 0 Å². The van der Waals surface area contributed by atoms with E-state index < -0.39 is 0 Å². The molecular formula is C48H30. The highest BCUT2D eigenvalue weighted by Crippen LogP contribution is 2.59. The van der Waals surface area contributed by atoms with Crippen molar-refractivity contribution < 1.29 is 0 Å². The fourth-order valence-electron chi connectivity index (χ4n) is 10.3. The number of rotatable bonds is 2. The molecule has 0 unspecified atom stereocenters. The maximum absolute atomic E-state index is 2.43.